The van der Waals surface area contributed by atoms with Gasteiger partial charge in [-0.1, -0.05) is 0 Å². The van der Waals surface area contributed by atoms with E-state index in [1.165, 1.54) is 32.1 Å². The van der Waals surface area contributed by atoms with Gasteiger partial charge in [0.1, 0.15) is 0 Å². The summed E-state index contributed by atoms with van der Waals surface area (Å²) in [7, 11) is 3.38. The van der Waals surface area contributed by atoms with Gasteiger partial charge in [-0.25, -0.2) is 5.01 Å². The van der Waals surface area contributed by atoms with Gasteiger partial charge in [0, 0.05) is 32.8 Å². The van der Waals surface area contributed by atoms with Gasteiger partial charge < -0.3 is 14.2 Å². The molecular weight excluding hydrogens is 320 g/mol. The topological polar surface area (TPSA) is 60.0 Å². The van der Waals surface area contributed by atoms with Crippen molar-refractivity contribution in [2.45, 2.75) is 76.0 Å². The van der Waals surface area contributed by atoms with E-state index in [9.17, 15) is 4.79 Å². The third kappa shape index (κ3) is 4.94. The lowest BCUT2D eigenvalue weighted by Gasteiger charge is -2.36. The summed E-state index contributed by atoms with van der Waals surface area (Å²) >= 11 is 0. The standard InChI is InChI=1S/C19H34N2O4/c1-23-13-25-19(22)15-3-7-16(8-4-15)21-12-11-18(20-21)14-5-9-17(24-2)10-6-14/h14-18,20H,3-13H2,1-2H3. The van der Waals surface area contributed by atoms with Crippen LogP contribution in [0.4, 0.5) is 0 Å². The first kappa shape index (κ1) is 19.1. The Kier molecular flexibility index (Phi) is 7.10. The van der Waals surface area contributed by atoms with E-state index < -0.39 is 0 Å². The van der Waals surface area contributed by atoms with Gasteiger partial charge in [0.15, 0.2) is 6.79 Å². The molecule has 0 spiro atoms. The van der Waals surface area contributed by atoms with Crippen LogP contribution in [-0.4, -0.2) is 56.7 Å². The maximum absolute atomic E-state index is 12.0. The van der Waals surface area contributed by atoms with Crippen molar-refractivity contribution in [3.05, 3.63) is 0 Å². The van der Waals surface area contributed by atoms with Crippen molar-refractivity contribution < 1.29 is 19.0 Å². The van der Waals surface area contributed by atoms with Crippen molar-refractivity contribution in [2.24, 2.45) is 11.8 Å². The van der Waals surface area contributed by atoms with E-state index in [1.807, 2.05) is 7.11 Å². The zero-order valence-electron chi connectivity index (χ0n) is 15.7. The summed E-state index contributed by atoms with van der Waals surface area (Å²) in [5, 5.41) is 2.46. The predicted octanol–water partition coefficient (Wildman–Crippen LogP) is 2.48. The van der Waals surface area contributed by atoms with Crippen LogP contribution in [0.5, 0.6) is 0 Å². The number of methoxy groups -OCH3 is 2. The molecule has 1 N–H and O–H groups in total. The zero-order chi connectivity index (χ0) is 17.6. The van der Waals surface area contributed by atoms with Crippen LogP contribution in [0.25, 0.3) is 0 Å². The van der Waals surface area contributed by atoms with Gasteiger partial charge >= 0.3 is 5.97 Å². The van der Waals surface area contributed by atoms with E-state index in [-0.39, 0.29) is 18.7 Å². The Morgan fingerprint density at radius 1 is 1.00 bits per heavy atom. The molecule has 25 heavy (non-hydrogen) atoms. The summed E-state index contributed by atoms with van der Waals surface area (Å²) in [6.07, 6.45) is 10.7. The van der Waals surface area contributed by atoms with E-state index in [2.05, 4.69) is 10.4 Å². The molecule has 2 saturated carbocycles. The number of hydrogen-bond acceptors (Lipinski definition) is 6. The third-order valence-corrected chi connectivity index (χ3v) is 6.42. The fourth-order valence-corrected chi connectivity index (χ4v) is 4.83. The molecule has 6 heteroatoms. The lowest BCUT2D eigenvalue weighted by molar-refractivity contribution is -0.160. The van der Waals surface area contributed by atoms with Gasteiger partial charge in [0.25, 0.3) is 0 Å². The number of nitrogens with one attached hydrogen (secondary N) is 1. The van der Waals surface area contributed by atoms with Gasteiger partial charge in [-0.3, -0.25) is 10.2 Å². The van der Waals surface area contributed by atoms with Gasteiger partial charge in [0.05, 0.1) is 12.0 Å². The fourth-order valence-electron chi connectivity index (χ4n) is 4.83. The summed E-state index contributed by atoms with van der Waals surface area (Å²) in [5.74, 6) is 0.744. The molecule has 1 aliphatic heterocycles. The number of ether oxygens (including phenoxy) is 3. The molecule has 3 rings (SSSR count). The second kappa shape index (κ2) is 9.31. The van der Waals surface area contributed by atoms with Crippen molar-refractivity contribution in [3.63, 3.8) is 0 Å². The van der Waals surface area contributed by atoms with Crippen LogP contribution in [0.1, 0.15) is 57.8 Å². The van der Waals surface area contributed by atoms with Crippen LogP contribution < -0.4 is 5.43 Å². The van der Waals surface area contributed by atoms with E-state index in [1.54, 1.807) is 7.11 Å². The molecule has 3 fully saturated rings. The van der Waals surface area contributed by atoms with E-state index in [4.69, 9.17) is 14.2 Å². The Balaban J connectivity index is 1.39. The molecule has 1 atom stereocenters. The lowest BCUT2D eigenvalue weighted by atomic mass is 9.82. The van der Waals surface area contributed by atoms with Crippen LogP contribution in [0.3, 0.4) is 0 Å². The van der Waals surface area contributed by atoms with E-state index in [0.29, 0.717) is 18.2 Å². The van der Waals surface area contributed by atoms with Crippen molar-refractivity contribution in [1.82, 2.24) is 10.4 Å². The largest absolute Gasteiger partial charge is 0.438 e. The highest BCUT2D eigenvalue weighted by atomic mass is 16.7. The minimum Gasteiger partial charge on any atom is -0.438 e. The van der Waals surface area contributed by atoms with Crippen molar-refractivity contribution >= 4 is 5.97 Å². The predicted molar refractivity (Wildman–Crippen MR) is 94.7 cm³/mol. The molecule has 0 bridgehead atoms. The Labute approximate surface area is 151 Å². The maximum atomic E-state index is 12.0. The third-order valence-electron chi connectivity index (χ3n) is 6.42. The van der Waals surface area contributed by atoms with E-state index >= 15 is 0 Å². The second-order valence-corrected chi connectivity index (χ2v) is 7.87. The molecule has 6 nitrogen and oxygen atoms in total. The summed E-state index contributed by atoms with van der Waals surface area (Å²) in [6, 6.07) is 1.19. The highest BCUT2D eigenvalue weighted by Crippen LogP contribution is 2.34. The molecule has 0 radical (unpaired) electrons. The quantitative estimate of drug-likeness (QED) is 0.584. The smallest absolute Gasteiger partial charge is 0.311 e. The minimum atomic E-state index is -0.0949. The van der Waals surface area contributed by atoms with Crippen LogP contribution in [0.2, 0.25) is 0 Å². The van der Waals surface area contributed by atoms with Gasteiger partial charge in [-0.2, -0.15) is 0 Å². The Hall–Kier alpha value is -0.690. The van der Waals surface area contributed by atoms with Crippen LogP contribution >= 0.6 is 0 Å². The Morgan fingerprint density at radius 2 is 1.72 bits per heavy atom. The molecule has 0 aromatic carbocycles. The van der Waals surface area contributed by atoms with Crippen molar-refractivity contribution in [1.29, 1.82) is 0 Å². The normalized spacial score (nSPS) is 37.1. The number of carbonyl (C=O) groups is 1. The fraction of sp³-hybridized carbons (Fsp3) is 0.947. The highest BCUT2D eigenvalue weighted by molar-refractivity contribution is 5.72. The molecule has 1 unspecified atom stereocenters. The molecule has 144 valence electrons. The second-order valence-electron chi connectivity index (χ2n) is 7.87. The molecule has 2 aliphatic carbocycles. The average Bonchev–Trinajstić information content (AvgIpc) is 3.16. The summed E-state index contributed by atoms with van der Waals surface area (Å²) in [6.45, 7) is 1.21. The van der Waals surface area contributed by atoms with Gasteiger partial charge in [0.2, 0.25) is 0 Å². The first-order valence-electron chi connectivity index (χ1n) is 9.92. The minimum absolute atomic E-state index is 0.0501. The molecular formula is C19H34N2O4. The number of hydrazine groups is 1. The number of rotatable bonds is 6. The molecule has 0 amide bonds. The molecule has 0 aromatic heterocycles. The monoisotopic (exact) mass is 354 g/mol. The lowest BCUT2D eigenvalue weighted by Crippen LogP contribution is -2.47. The summed E-state index contributed by atoms with van der Waals surface area (Å²) in [4.78, 5) is 12.0. The highest BCUT2D eigenvalue weighted by Gasteiger charge is 2.37. The summed E-state index contributed by atoms with van der Waals surface area (Å²) in [5.41, 5.74) is 3.80. The summed E-state index contributed by atoms with van der Waals surface area (Å²) < 4.78 is 15.4. The zero-order valence-corrected chi connectivity index (χ0v) is 15.7. The van der Waals surface area contributed by atoms with Crippen LogP contribution in [0, 0.1) is 11.8 Å². The van der Waals surface area contributed by atoms with Crippen molar-refractivity contribution in [2.75, 3.05) is 27.6 Å². The van der Waals surface area contributed by atoms with Crippen molar-refractivity contribution in [3.8, 4) is 0 Å². The number of nitrogens with zero attached hydrogens (tertiary/aromatic N) is 1. The molecule has 3 aliphatic rings. The Bertz CT molecular complexity index is 418. The van der Waals surface area contributed by atoms with Crippen LogP contribution in [-0.2, 0) is 19.0 Å². The Morgan fingerprint density at radius 3 is 2.36 bits per heavy atom. The number of esters is 1. The first-order chi connectivity index (χ1) is 12.2. The first-order valence-corrected chi connectivity index (χ1v) is 9.92. The SMILES string of the molecule is COCOC(=O)C1CCC(N2CCC(C3CCC(OC)CC3)N2)CC1. The molecule has 0 aromatic rings. The van der Waals surface area contributed by atoms with Gasteiger partial charge in [-0.05, 0) is 63.7 Å². The number of carbonyl (C=O) groups excluding carboxylic acids is 1. The number of hydrogen-bond donors (Lipinski definition) is 1. The maximum Gasteiger partial charge on any atom is 0.311 e. The average molecular weight is 354 g/mol. The van der Waals surface area contributed by atoms with E-state index in [0.717, 1.165) is 38.1 Å². The van der Waals surface area contributed by atoms with Crippen LogP contribution in [0.15, 0.2) is 0 Å². The van der Waals surface area contributed by atoms with Gasteiger partial charge in [-0.15, -0.1) is 0 Å². The molecule has 1 saturated heterocycles. The molecule has 1 heterocycles.